The molecule has 3 atom stereocenters. The molecule has 1 unspecified atom stereocenters. The lowest BCUT2D eigenvalue weighted by molar-refractivity contribution is 0.105. The fourth-order valence-corrected chi connectivity index (χ4v) is 4.21. The van der Waals surface area contributed by atoms with Gasteiger partial charge in [0.05, 0.1) is 18.7 Å². The third-order valence-electron chi connectivity index (χ3n) is 4.38. The van der Waals surface area contributed by atoms with E-state index in [1.54, 1.807) is 12.1 Å². The van der Waals surface area contributed by atoms with Gasteiger partial charge in [-0.15, -0.1) is 11.8 Å². The fraction of sp³-hybridized carbons (Fsp3) is 0.400. The molecule has 2 N–H and O–H groups in total. The summed E-state index contributed by atoms with van der Waals surface area (Å²) < 4.78 is 10.1. The molecule has 1 aliphatic rings. The van der Waals surface area contributed by atoms with Crippen molar-refractivity contribution in [2.24, 2.45) is 5.92 Å². The number of benzene rings is 1. The second-order valence-corrected chi connectivity index (χ2v) is 7.88. The van der Waals surface area contributed by atoms with E-state index < -0.39 is 18.3 Å². The SMILES string of the molecule is C=CCOC(=O)NCC1[C@@H](CSc2ccc(Cl)cc2)N(C(=O)OCC=C)C[C@@H]1O. The van der Waals surface area contributed by atoms with Gasteiger partial charge in [-0.1, -0.05) is 36.9 Å². The van der Waals surface area contributed by atoms with Crippen LogP contribution in [-0.2, 0) is 9.47 Å². The van der Waals surface area contributed by atoms with E-state index in [9.17, 15) is 14.7 Å². The van der Waals surface area contributed by atoms with Gasteiger partial charge in [0.1, 0.15) is 13.2 Å². The summed E-state index contributed by atoms with van der Waals surface area (Å²) in [5.74, 6) is 0.137. The number of ether oxygens (including phenoxy) is 2. The number of nitrogens with one attached hydrogen (secondary N) is 1. The molecule has 1 heterocycles. The van der Waals surface area contributed by atoms with Crippen LogP contribution in [0.25, 0.3) is 0 Å². The topological polar surface area (TPSA) is 88.1 Å². The number of rotatable bonds is 9. The Kier molecular flexibility index (Phi) is 9.37. The van der Waals surface area contributed by atoms with Crippen LogP contribution in [0.5, 0.6) is 0 Å². The Morgan fingerprint density at radius 3 is 2.55 bits per heavy atom. The molecule has 9 heteroatoms. The van der Waals surface area contributed by atoms with Gasteiger partial charge >= 0.3 is 12.2 Å². The number of amides is 2. The number of carbonyl (C=O) groups is 2. The first-order chi connectivity index (χ1) is 14.0. The molecule has 2 rings (SSSR count). The Hall–Kier alpha value is -2.16. The van der Waals surface area contributed by atoms with Gasteiger partial charge in [-0.25, -0.2) is 9.59 Å². The summed E-state index contributed by atoms with van der Waals surface area (Å²) in [6.45, 7) is 7.48. The van der Waals surface area contributed by atoms with Crippen molar-refractivity contribution in [3.63, 3.8) is 0 Å². The summed E-state index contributed by atoms with van der Waals surface area (Å²) in [5, 5.41) is 13.8. The van der Waals surface area contributed by atoms with Crippen molar-refractivity contribution < 1.29 is 24.2 Å². The van der Waals surface area contributed by atoms with Gasteiger partial charge in [-0.05, 0) is 24.3 Å². The minimum absolute atomic E-state index is 0.0826. The highest BCUT2D eigenvalue weighted by Gasteiger charge is 2.44. The van der Waals surface area contributed by atoms with Crippen molar-refractivity contribution >= 4 is 35.5 Å². The number of β-amino-alcohol motifs (C(OH)–C–C–N with tert-alkyl or cyclic N) is 1. The number of likely N-dealkylation sites (tertiary alicyclic amines) is 1. The van der Waals surface area contributed by atoms with E-state index in [2.05, 4.69) is 18.5 Å². The smallest absolute Gasteiger partial charge is 0.410 e. The van der Waals surface area contributed by atoms with Crippen LogP contribution in [0.15, 0.2) is 54.5 Å². The van der Waals surface area contributed by atoms with Gasteiger partial charge in [-0.2, -0.15) is 0 Å². The molecule has 1 aliphatic heterocycles. The lowest BCUT2D eigenvalue weighted by Crippen LogP contribution is -2.43. The molecule has 158 valence electrons. The second kappa shape index (κ2) is 11.7. The fourth-order valence-electron chi connectivity index (χ4n) is 2.97. The molecule has 1 aromatic rings. The Morgan fingerprint density at radius 1 is 1.24 bits per heavy atom. The first kappa shape index (κ1) is 23.1. The standard InChI is InChI=1S/C20H25ClN2O5S/c1-3-9-27-19(25)22-11-16-17(13-29-15-7-5-14(21)6-8-15)23(12-18(16)24)20(26)28-10-4-2/h3-8,16-18,24H,1-2,9-13H2,(H,22,25)/t16?,17-,18+/m1/s1. The van der Waals surface area contributed by atoms with Gasteiger partial charge in [0.25, 0.3) is 0 Å². The van der Waals surface area contributed by atoms with Crippen LogP contribution < -0.4 is 5.32 Å². The van der Waals surface area contributed by atoms with Crippen LogP contribution in [0.4, 0.5) is 9.59 Å². The molecule has 2 amide bonds. The molecule has 0 bridgehead atoms. The third-order valence-corrected chi connectivity index (χ3v) is 5.75. The number of aliphatic hydroxyl groups is 1. The molecule has 0 aromatic heterocycles. The highest BCUT2D eigenvalue weighted by molar-refractivity contribution is 7.99. The number of carbonyl (C=O) groups excluding carboxylic acids is 2. The molecule has 0 spiro atoms. The Balaban J connectivity index is 2.07. The Morgan fingerprint density at radius 2 is 1.90 bits per heavy atom. The quantitative estimate of drug-likeness (QED) is 0.452. The minimum Gasteiger partial charge on any atom is -0.445 e. The Bertz CT molecular complexity index is 715. The van der Waals surface area contributed by atoms with Crippen molar-refractivity contribution in [3.05, 3.63) is 54.6 Å². The summed E-state index contributed by atoms with van der Waals surface area (Å²) in [7, 11) is 0. The molecule has 0 saturated carbocycles. The first-order valence-corrected chi connectivity index (χ1v) is 10.4. The van der Waals surface area contributed by atoms with E-state index in [0.29, 0.717) is 10.8 Å². The number of thioether (sulfide) groups is 1. The van der Waals surface area contributed by atoms with E-state index >= 15 is 0 Å². The van der Waals surface area contributed by atoms with Crippen LogP contribution in [-0.4, -0.2) is 66.4 Å². The number of hydrogen-bond donors (Lipinski definition) is 2. The van der Waals surface area contributed by atoms with Gasteiger partial charge in [-0.3, -0.25) is 0 Å². The van der Waals surface area contributed by atoms with Gasteiger partial charge < -0.3 is 24.8 Å². The van der Waals surface area contributed by atoms with E-state index in [4.69, 9.17) is 21.1 Å². The maximum Gasteiger partial charge on any atom is 0.410 e. The van der Waals surface area contributed by atoms with Crippen molar-refractivity contribution in [2.45, 2.75) is 17.0 Å². The zero-order valence-electron chi connectivity index (χ0n) is 16.0. The normalized spacial score (nSPS) is 20.8. The summed E-state index contributed by atoms with van der Waals surface area (Å²) in [4.78, 5) is 26.7. The minimum atomic E-state index is -0.804. The summed E-state index contributed by atoms with van der Waals surface area (Å²) in [6.07, 6.45) is 1.02. The van der Waals surface area contributed by atoms with Crippen LogP contribution in [0, 0.1) is 5.92 Å². The first-order valence-electron chi connectivity index (χ1n) is 9.08. The van der Waals surface area contributed by atoms with Gasteiger partial charge in [0.15, 0.2) is 0 Å². The number of hydrogen-bond acceptors (Lipinski definition) is 6. The molecule has 7 nitrogen and oxygen atoms in total. The molecular weight excluding hydrogens is 416 g/mol. The largest absolute Gasteiger partial charge is 0.445 e. The van der Waals surface area contributed by atoms with Crippen molar-refractivity contribution in [2.75, 3.05) is 32.1 Å². The van der Waals surface area contributed by atoms with E-state index in [-0.39, 0.29) is 38.3 Å². The molecule has 1 saturated heterocycles. The van der Waals surface area contributed by atoms with Crippen molar-refractivity contribution in [1.82, 2.24) is 10.2 Å². The van der Waals surface area contributed by atoms with E-state index in [0.717, 1.165) is 4.90 Å². The monoisotopic (exact) mass is 440 g/mol. The second-order valence-electron chi connectivity index (χ2n) is 6.35. The predicted octanol–water partition coefficient (Wildman–Crippen LogP) is 3.33. The average molecular weight is 441 g/mol. The lowest BCUT2D eigenvalue weighted by Gasteiger charge is -2.27. The number of alkyl carbamates (subject to hydrolysis) is 1. The molecule has 1 aromatic carbocycles. The summed E-state index contributed by atoms with van der Waals surface area (Å²) in [5.41, 5.74) is 0. The maximum absolute atomic E-state index is 12.4. The highest BCUT2D eigenvalue weighted by Crippen LogP contribution is 2.31. The molecule has 1 fully saturated rings. The van der Waals surface area contributed by atoms with E-state index in [1.807, 2.05) is 12.1 Å². The third kappa shape index (κ3) is 6.99. The van der Waals surface area contributed by atoms with Crippen molar-refractivity contribution in [3.8, 4) is 0 Å². The zero-order chi connectivity index (χ0) is 21.2. The number of halogens is 1. The van der Waals surface area contributed by atoms with Crippen LogP contribution in [0.2, 0.25) is 5.02 Å². The number of aliphatic hydroxyl groups excluding tert-OH is 1. The summed E-state index contributed by atoms with van der Waals surface area (Å²) >= 11 is 7.45. The molecule has 0 radical (unpaired) electrons. The summed E-state index contributed by atoms with van der Waals surface area (Å²) in [6, 6.07) is 7.01. The average Bonchev–Trinajstić information content (AvgIpc) is 3.03. The molecule has 29 heavy (non-hydrogen) atoms. The highest BCUT2D eigenvalue weighted by atomic mass is 35.5. The Labute approximate surface area is 179 Å². The predicted molar refractivity (Wildman–Crippen MR) is 113 cm³/mol. The van der Waals surface area contributed by atoms with Crippen LogP contribution in [0.3, 0.4) is 0 Å². The zero-order valence-corrected chi connectivity index (χ0v) is 17.5. The maximum atomic E-state index is 12.4. The molecule has 0 aliphatic carbocycles. The van der Waals surface area contributed by atoms with Gasteiger partial charge in [0, 0.05) is 28.1 Å². The number of nitrogens with zero attached hydrogens (tertiary/aromatic N) is 1. The van der Waals surface area contributed by atoms with Crippen LogP contribution in [0.1, 0.15) is 0 Å². The van der Waals surface area contributed by atoms with Gasteiger partial charge in [0.2, 0.25) is 0 Å². The van der Waals surface area contributed by atoms with E-state index in [1.165, 1.54) is 28.8 Å². The lowest BCUT2D eigenvalue weighted by atomic mass is 9.99. The van der Waals surface area contributed by atoms with Crippen molar-refractivity contribution in [1.29, 1.82) is 0 Å². The molecular formula is C20H25ClN2O5S. The van der Waals surface area contributed by atoms with Crippen LogP contribution >= 0.6 is 23.4 Å².